The van der Waals surface area contributed by atoms with E-state index in [1.165, 1.54) is 15.2 Å². The molecule has 0 aliphatic carbocycles. The summed E-state index contributed by atoms with van der Waals surface area (Å²) in [7, 11) is -4.09. The minimum absolute atomic E-state index is 0.0242. The Hall–Kier alpha value is -3.31. The fourth-order valence-corrected chi connectivity index (χ4v) is 5.93. The van der Waals surface area contributed by atoms with Crippen LogP contribution in [-0.4, -0.2) is 48.5 Å². The molecule has 0 saturated heterocycles. The standard InChI is InChI=1S/C24H27N3O6S2/c1-3-26-16-22(24(25-26)32-4-2)35(30,31)27-15-18(9-12-23(28)29)33-21-11-8-17(14-20(21)27)7-10-19-6-5-13-34-19/h5-8,10-11,13-14,16,18H,3-4,9,12,15H2,1-2H3,(H,28,29)/b10-7+/t18-/m0/s1. The molecule has 1 aromatic carbocycles. The number of hydrogen-bond acceptors (Lipinski definition) is 7. The number of fused-ring (bicyclic) bond motifs is 1. The number of anilines is 1. The number of carbonyl (C=O) groups is 1. The summed E-state index contributed by atoms with van der Waals surface area (Å²) in [6, 6.07) is 9.27. The monoisotopic (exact) mass is 517 g/mol. The van der Waals surface area contributed by atoms with Gasteiger partial charge in [0.2, 0.25) is 0 Å². The van der Waals surface area contributed by atoms with Crippen LogP contribution >= 0.6 is 11.3 Å². The maximum atomic E-state index is 13.9. The molecule has 1 aliphatic heterocycles. The van der Waals surface area contributed by atoms with E-state index in [1.54, 1.807) is 30.4 Å². The van der Waals surface area contributed by atoms with E-state index >= 15 is 0 Å². The number of aliphatic carboxylic acids is 1. The smallest absolute Gasteiger partial charge is 0.303 e. The van der Waals surface area contributed by atoms with Crippen molar-refractivity contribution in [3.05, 3.63) is 52.3 Å². The lowest BCUT2D eigenvalue weighted by Gasteiger charge is -2.35. The lowest BCUT2D eigenvalue weighted by atomic mass is 10.1. The molecule has 0 bridgehead atoms. The van der Waals surface area contributed by atoms with Gasteiger partial charge >= 0.3 is 5.97 Å². The number of hydrogen-bond donors (Lipinski definition) is 1. The topological polar surface area (TPSA) is 111 Å². The van der Waals surface area contributed by atoms with Crippen molar-refractivity contribution in [3.63, 3.8) is 0 Å². The molecular weight excluding hydrogens is 490 g/mol. The van der Waals surface area contributed by atoms with E-state index in [-0.39, 0.29) is 36.8 Å². The van der Waals surface area contributed by atoms with E-state index in [0.29, 0.717) is 18.0 Å². The minimum Gasteiger partial charge on any atom is -0.486 e. The van der Waals surface area contributed by atoms with Gasteiger partial charge in [-0.05, 0) is 55.5 Å². The molecule has 0 saturated carbocycles. The van der Waals surface area contributed by atoms with Gasteiger partial charge in [-0.25, -0.2) is 8.42 Å². The number of sulfonamides is 1. The van der Waals surface area contributed by atoms with Crippen LogP contribution in [-0.2, 0) is 21.4 Å². The molecular formula is C24H27N3O6S2. The fraction of sp³-hybridized carbons (Fsp3) is 0.333. The summed E-state index contributed by atoms with van der Waals surface area (Å²) in [5, 5.41) is 15.4. The average Bonchev–Trinajstić information content (AvgIpc) is 3.51. The van der Waals surface area contributed by atoms with Gasteiger partial charge in [0.25, 0.3) is 15.9 Å². The van der Waals surface area contributed by atoms with Crippen LogP contribution in [0, 0.1) is 0 Å². The number of carboxylic acids is 1. The first kappa shape index (κ1) is 24.8. The number of thiophene rings is 1. The Morgan fingerprint density at radius 2 is 2.14 bits per heavy atom. The van der Waals surface area contributed by atoms with E-state index in [4.69, 9.17) is 14.6 Å². The van der Waals surface area contributed by atoms with Gasteiger partial charge in [0.15, 0.2) is 4.90 Å². The van der Waals surface area contributed by atoms with Crippen LogP contribution in [0.5, 0.6) is 11.6 Å². The molecule has 35 heavy (non-hydrogen) atoms. The van der Waals surface area contributed by atoms with Crippen LogP contribution in [0.1, 0.15) is 37.1 Å². The quantitative estimate of drug-likeness (QED) is 0.425. The zero-order chi connectivity index (χ0) is 25.0. The summed E-state index contributed by atoms with van der Waals surface area (Å²) in [5.74, 6) is -0.548. The highest BCUT2D eigenvalue weighted by Gasteiger charge is 2.37. The maximum absolute atomic E-state index is 13.9. The number of ether oxygens (including phenoxy) is 2. The van der Waals surface area contributed by atoms with Gasteiger partial charge in [-0.2, -0.15) is 0 Å². The average molecular weight is 518 g/mol. The van der Waals surface area contributed by atoms with Crippen molar-refractivity contribution >= 4 is 45.2 Å². The van der Waals surface area contributed by atoms with Gasteiger partial charge in [0, 0.05) is 24.0 Å². The molecule has 2 aromatic heterocycles. The van der Waals surface area contributed by atoms with E-state index in [2.05, 4.69) is 5.10 Å². The summed E-state index contributed by atoms with van der Waals surface area (Å²) < 4.78 is 42.2. The minimum atomic E-state index is -4.09. The number of aromatic nitrogens is 2. The predicted octanol–water partition coefficient (Wildman–Crippen LogP) is 4.35. The van der Waals surface area contributed by atoms with Crippen molar-refractivity contribution < 1.29 is 27.8 Å². The van der Waals surface area contributed by atoms with Crippen LogP contribution in [0.3, 0.4) is 0 Å². The Bertz CT molecular complexity index is 1310. The lowest BCUT2D eigenvalue weighted by molar-refractivity contribution is -0.137. The number of benzene rings is 1. The van der Waals surface area contributed by atoms with Crippen molar-refractivity contribution in [1.82, 2.24) is 9.78 Å². The van der Waals surface area contributed by atoms with E-state index in [0.717, 1.165) is 10.4 Å². The number of rotatable bonds is 10. The summed E-state index contributed by atoms with van der Waals surface area (Å²) in [6.07, 6.45) is 4.76. The maximum Gasteiger partial charge on any atom is 0.303 e. The molecule has 1 aliphatic rings. The molecule has 0 unspecified atom stereocenters. The molecule has 0 radical (unpaired) electrons. The van der Waals surface area contributed by atoms with E-state index < -0.39 is 22.1 Å². The third kappa shape index (κ3) is 5.51. The third-order valence-electron chi connectivity index (χ3n) is 5.45. The third-order valence-corrected chi connectivity index (χ3v) is 8.05. The molecule has 4 rings (SSSR count). The largest absolute Gasteiger partial charge is 0.486 e. The Morgan fingerprint density at radius 1 is 1.31 bits per heavy atom. The SMILES string of the molecule is CCOc1nn(CC)cc1S(=O)(=O)N1C[C@H](CCC(=O)O)Oc2ccc(/C=C/c3cccs3)cc21. The van der Waals surface area contributed by atoms with Crippen LogP contribution in [0.25, 0.3) is 12.2 Å². The number of carboxylic acid groups (broad SMARTS) is 1. The second-order valence-corrected chi connectivity index (χ2v) is 10.7. The van der Waals surface area contributed by atoms with Crippen molar-refractivity contribution in [2.75, 3.05) is 17.5 Å². The summed E-state index contributed by atoms with van der Waals surface area (Å²) in [4.78, 5) is 12.2. The second-order valence-electron chi connectivity index (χ2n) is 7.87. The van der Waals surface area contributed by atoms with Crippen molar-refractivity contribution in [3.8, 4) is 11.6 Å². The van der Waals surface area contributed by atoms with E-state index in [9.17, 15) is 13.2 Å². The van der Waals surface area contributed by atoms with Crippen LogP contribution < -0.4 is 13.8 Å². The second kappa shape index (κ2) is 10.5. The Kier molecular flexibility index (Phi) is 7.46. The zero-order valence-electron chi connectivity index (χ0n) is 19.5. The highest BCUT2D eigenvalue weighted by atomic mass is 32.2. The molecule has 1 N–H and O–H groups in total. The Balaban J connectivity index is 1.76. The number of nitrogens with zero attached hydrogens (tertiary/aromatic N) is 3. The highest BCUT2D eigenvalue weighted by molar-refractivity contribution is 7.93. The fourth-order valence-electron chi connectivity index (χ4n) is 3.74. The normalized spacial score (nSPS) is 15.7. The highest BCUT2D eigenvalue weighted by Crippen LogP contribution is 2.40. The molecule has 0 spiro atoms. The van der Waals surface area contributed by atoms with Gasteiger partial charge in [-0.3, -0.25) is 13.8 Å². The molecule has 3 aromatic rings. The van der Waals surface area contributed by atoms with Crippen LogP contribution in [0.15, 0.2) is 46.8 Å². The molecule has 0 amide bonds. The molecule has 9 nitrogen and oxygen atoms in total. The van der Waals surface area contributed by atoms with Gasteiger partial charge < -0.3 is 14.6 Å². The van der Waals surface area contributed by atoms with Gasteiger partial charge in [-0.1, -0.05) is 18.2 Å². The first-order valence-corrected chi connectivity index (χ1v) is 13.6. The Labute approximate surface area is 208 Å². The van der Waals surface area contributed by atoms with Gasteiger partial charge in [0.05, 0.1) is 18.8 Å². The zero-order valence-corrected chi connectivity index (χ0v) is 21.1. The van der Waals surface area contributed by atoms with Gasteiger partial charge in [0.1, 0.15) is 11.9 Å². The molecule has 3 heterocycles. The summed E-state index contributed by atoms with van der Waals surface area (Å²) in [5.41, 5.74) is 1.19. The molecule has 1 atom stereocenters. The van der Waals surface area contributed by atoms with E-state index in [1.807, 2.05) is 42.7 Å². The van der Waals surface area contributed by atoms with Crippen molar-refractivity contribution in [2.45, 2.75) is 44.2 Å². The molecule has 186 valence electrons. The lowest BCUT2D eigenvalue weighted by Crippen LogP contribution is -2.43. The number of aryl methyl sites for hydroxylation is 1. The van der Waals surface area contributed by atoms with Crippen molar-refractivity contribution in [1.29, 1.82) is 0 Å². The predicted molar refractivity (Wildman–Crippen MR) is 135 cm³/mol. The summed E-state index contributed by atoms with van der Waals surface area (Å²) >= 11 is 1.60. The summed E-state index contributed by atoms with van der Waals surface area (Å²) in [6.45, 7) is 4.34. The first-order chi connectivity index (χ1) is 16.8. The van der Waals surface area contributed by atoms with Crippen molar-refractivity contribution in [2.24, 2.45) is 0 Å². The first-order valence-electron chi connectivity index (χ1n) is 11.3. The molecule has 0 fully saturated rings. The molecule has 11 heteroatoms. The van der Waals surface area contributed by atoms with Gasteiger partial charge in [-0.15, -0.1) is 16.4 Å². The Morgan fingerprint density at radius 3 is 2.83 bits per heavy atom. The van der Waals surface area contributed by atoms with Crippen LogP contribution in [0.4, 0.5) is 5.69 Å². The van der Waals surface area contributed by atoms with Crippen LogP contribution in [0.2, 0.25) is 0 Å².